The molecular weight excluding hydrogens is 361 g/mol. The number of nitrogens with zero attached hydrogens (tertiary/aromatic N) is 1. The van der Waals surface area contributed by atoms with Gasteiger partial charge in [-0.1, -0.05) is 6.07 Å². The second kappa shape index (κ2) is 7.97. The van der Waals surface area contributed by atoms with E-state index in [1.165, 1.54) is 12.1 Å². The molecule has 0 bridgehead atoms. The zero-order valence-electron chi connectivity index (χ0n) is 15.9. The zero-order valence-corrected chi connectivity index (χ0v) is 15.9. The lowest BCUT2D eigenvalue weighted by atomic mass is 10.0. The van der Waals surface area contributed by atoms with Gasteiger partial charge in [-0.05, 0) is 66.6 Å². The molecule has 1 aliphatic carbocycles. The Balaban J connectivity index is 1.28. The van der Waals surface area contributed by atoms with Crippen molar-refractivity contribution in [1.29, 1.82) is 0 Å². The molecule has 28 heavy (non-hydrogen) atoms. The van der Waals surface area contributed by atoms with Crippen molar-refractivity contribution in [1.82, 2.24) is 4.90 Å². The summed E-state index contributed by atoms with van der Waals surface area (Å²) in [5.41, 5.74) is 0.494. The summed E-state index contributed by atoms with van der Waals surface area (Å²) in [4.78, 5) is 2.24. The molecule has 1 aliphatic heterocycles. The number of aliphatic hydroxyl groups excluding tert-OH is 1. The average Bonchev–Trinajstić information content (AvgIpc) is 3.22. The number of aromatic hydroxyl groups is 1. The number of phenols is 1. The van der Waals surface area contributed by atoms with Crippen LogP contribution in [0.5, 0.6) is 17.2 Å². The van der Waals surface area contributed by atoms with Gasteiger partial charge in [0.2, 0.25) is 0 Å². The molecule has 1 unspecified atom stereocenters. The smallest absolute Gasteiger partial charge is 0.165 e. The van der Waals surface area contributed by atoms with Gasteiger partial charge in [0, 0.05) is 19.6 Å². The van der Waals surface area contributed by atoms with Crippen molar-refractivity contribution in [2.45, 2.75) is 25.0 Å². The molecule has 2 aromatic rings. The molecule has 0 spiro atoms. The molecule has 5 nitrogen and oxygen atoms in total. The van der Waals surface area contributed by atoms with Crippen LogP contribution < -0.4 is 9.47 Å². The number of aliphatic hydroxyl groups is 1. The number of β-amino-alcohol motifs (C(OH)–C–C–N with tert-alkyl or cyclic N) is 1. The van der Waals surface area contributed by atoms with Crippen LogP contribution in [0, 0.1) is 17.7 Å². The normalized spacial score (nSPS) is 25.5. The number of halogens is 1. The maximum Gasteiger partial charge on any atom is 0.165 e. The van der Waals surface area contributed by atoms with Crippen molar-refractivity contribution in [2.24, 2.45) is 11.8 Å². The van der Waals surface area contributed by atoms with E-state index in [9.17, 15) is 14.6 Å². The van der Waals surface area contributed by atoms with Gasteiger partial charge in [-0.3, -0.25) is 4.90 Å². The van der Waals surface area contributed by atoms with Crippen molar-refractivity contribution in [3.8, 4) is 17.2 Å². The summed E-state index contributed by atoms with van der Waals surface area (Å²) >= 11 is 0. The van der Waals surface area contributed by atoms with Crippen molar-refractivity contribution in [3.63, 3.8) is 0 Å². The summed E-state index contributed by atoms with van der Waals surface area (Å²) in [5, 5.41) is 19.7. The van der Waals surface area contributed by atoms with Crippen LogP contribution in [0.25, 0.3) is 0 Å². The van der Waals surface area contributed by atoms with Crippen molar-refractivity contribution in [2.75, 3.05) is 26.7 Å². The Labute approximate surface area is 164 Å². The minimum Gasteiger partial charge on any atom is -0.505 e. The van der Waals surface area contributed by atoms with E-state index in [1.54, 1.807) is 13.2 Å². The highest BCUT2D eigenvalue weighted by Crippen LogP contribution is 2.40. The number of hydrogen-bond acceptors (Lipinski definition) is 5. The van der Waals surface area contributed by atoms with Crippen LogP contribution >= 0.6 is 0 Å². The molecule has 4 rings (SSSR count). The van der Waals surface area contributed by atoms with E-state index < -0.39 is 17.7 Å². The van der Waals surface area contributed by atoms with E-state index in [4.69, 9.17) is 9.47 Å². The first-order chi connectivity index (χ1) is 13.5. The number of ether oxygens (including phenoxy) is 2. The number of likely N-dealkylation sites (tertiary alicyclic amines) is 1. The number of benzene rings is 2. The molecule has 6 heteroatoms. The van der Waals surface area contributed by atoms with Crippen LogP contribution in [-0.4, -0.2) is 48.0 Å². The molecule has 1 saturated carbocycles. The van der Waals surface area contributed by atoms with Gasteiger partial charge >= 0.3 is 0 Å². The molecule has 2 N–H and O–H groups in total. The number of methoxy groups -OCH3 is 1. The predicted octanol–water partition coefficient (Wildman–Crippen LogP) is 3.36. The number of fused-ring (bicyclic) bond motifs is 1. The Morgan fingerprint density at radius 3 is 2.32 bits per heavy atom. The van der Waals surface area contributed by atoms with E-state index in [0.29, 0.717) is 23.9 Å². The Bertz CT molecular complexity index is 799. The van der Waals surface area contributed by atoms with Crippen molar-refractivity contribution >= 4 is 0 Å². The molecule has 1 heterocycles. The highest BCUT2D eigenvalue weighted by atomic mass is 19.1. The van der Waals surface area contributed by atoms with Crippen LogP contribution in [0.2, 0.25) is 0 Å². The number of rotatable bonds is 6. The van der Waals surface area contributed by atoms with E-state index >= 15 is 0 Å². The lowest BCUT2D eigenvalue weighted by molar-refractivity contribution is 0.116. The first kappa shape index (κ1) is 19.0. The topological polar surface area (TPSA) is 62.2 Å². The van der Waals surface area contributed by atoms with Crippen molar-refractivity contribution in [3.05, 3.63) is 53.8 Å². The van der Waals surface area contributed by atoms with Gasteiger partial charge in [0.15, 0.2) is 11.6 Å². The fourth-order valence-corrected chi connectivity index (χ4v) is 4.51. The summed E-state index contributed by atoms with van der Waals surface area (Å²) in [5.74, 6) is 1.72. The first-order valence-electron chi connectivity index (χ1n) is 9.71. The largest absolute Gasteiger partial charge is 0.505 e. The quantitative estimate of drug-likeness (QED) is 0.796. The van der Waals surface area contributed by atoms with Crippen LogP contribution in [-0.2, 0) is 0 Å². The molecule has 2 aliphatic rings. The van der Waals surface area contributed by atoms with Crippen LogP contribution in [0.15, 0.2) is 42.5 Å². The lowest BCUT2D eigenvalue weighted by Gasteiger charge is -2.22. The summed E-state index contributed by atoms with van der Waals surface area (Å²) < 4.78 is 24.8. The molecule has 150 valence electrons. The minimum atomic E-state index is -0.764. The maximum absolute atomic E-state index is 13.5. The third-order valence-corrected chi connectivity index (χ3v) is 5.93. The standard InChI is InChI=1S/C22H26FNO4/c1-27-17-3-5-18(6-4-17)28-19-8-15-11-24(12-16(15)9-19)13-22(26)14-2-7-21(25)20(23)10-14/h2-7,10,15-16,19,22,25-26H,8-9,11-13H2,1H3/t15-,16+,19?,22-/m0/s1. The van der Waals surface area contributed by atoms with Gasteiger partial charge < -0.3 is 19.7 Å². The van der Waals surface area contributed by atoms with Crippen LogP contribution in [0.4, 0.5) is 4.39 Å². The fraction of sp³-hybridized carbons (Fsp3) is 0.455. The van der Waals surface area contributed by atoms with Gasteiger partial charge in [-0.2, -0.15) is 0 Å². The Hall–Kier alpha value is -2.31. The first-order valence-corrected chi connectivity index (χ1v) is 9.71. The summed E-state index contributed by atoms with van der Waals surface area (Å²) in [7, 11) is 1.65. The molecule has 2 fully saturated rings. The summed E-state index contributed by atoms with van der Waals surface area (Å²) in [6.07, 6.45) is 1.48. The van der Waals surface area contributed by atoms with Gasteiger partial charge in [0.1, 0.15) is 11.5 Å². The monoisotopic (exact) mass is 387 g/mol. The molecule has 4 atom stereocenters. The number of hydrogen-bond donors (Lipinski definition) is 2. The third-order valence-electron chi connectivity index (χ3n) is 5.93. The number of phenolic OH excluding ortho intramolecular Hbond substituents is 1. The Morgan fingerprint density at radius 2 is 1.71 bits per heavy atom. The highest BCUT2D eigenvalue weighted by molar-refractivity contribution is 5.31. The zero-order chi connectivity index (χ0) is 19.7. The average molecular weight is 387 g/mol. The highest BCUT2D eigenvalue weighted by Gasteiger charge is 2.42. The maximum atomic E-state index is 13.5. The molecule has 0 amide bonds. The van der Waals surface area contributed by atoms with Crippen molar-refractivity contribution < 1.29 is 24.1 Å². The van der Waals surface area contributed by atoms with Gasteiger partial charge in [0.05, 0.1) is 19.3 Å². The van der Waals surface area contributed by atoms with Gasteiger partial charge in [0.25, 0.3) is 0 Å². The third kappa shape index (κ3) is 4.08. The van der Waals surface area contributed by atoms with Gasteiger partial charge in [-0.25, -0.2) is 4.39 Å². The predicted molar refractivity (Wildman–Crippen MR) is 103 cm³/mol. The molecule has 1 saturated heterocycles. The van der Waals surface area contributed by atoms with E-state index in [0.717, 1.165) is 37.4 Å². The Kier molecular flexibility index (Phi) is 5.42. The second-order valence-corrected chi connectivity index (χ2v) is 7.85. The fourth-order valence-electron chi connectivity index (χ4n) is 4.51. The van der Waals surface area contributed by atoms with E-state index in [2.05, 4.69) is 4.90 Å². The lowest BCUT2D eigenvalue weighted by Crippen LogP contribution is -2.29. The summed E-state index contributed by atoms with van der Waals surface area (Å²) in [6.45, 7) is 2.32. The second-order valence-electron chi connectivity index (χ2n) is 7.85. The molecule has 0 aromatic heterocycles. The molecule has 2 aromatic carbocycles. The van der Waals surface area contributed by atoms with Crippen LogP contribution in [0.1, 0.15) is 24.5 Å². The Morgan fingerprint density at radius 1 is 1.07 bits per heavy atom. The SMILES string of the molecule is COc1ccc(OC2C[C@@H]3CN(C[C@H](O)c4ccc(O)c(F)c4)C[C@@H]3C2)cc1. The minimum absolute atomic E-state index is 0.224. The van der Waals surface area contributed by atoms with E-state index in [-0.39, 0.29) is 6.10 Å². The molecular formula is C22H26FNO4. The molecule has 0 radical (unpaired) electrons. The van der Waals surface area contributed by atoms with E-state index in [1.807, 2.05) is 24.3 Å². The van der Waals surface area contributed by atoms with Gasteiger partial charge in [-0.15, -0.1) is 0 Å². The van der Waals surface area contributed by atoms with Crippen LogP contribution in [0.3, 0.4) is 0 Å². The summed E-state index contributed by atoms with van der Waals surface area (Å²) in [6, 6.07) is 11.7.